The highest BCUT2D eigenvalue weighted by Gasteiger charge is 2.45. The molecular formula is C85H91N. The van der Waals surface area contributed by atoms with E-state index in [9.17, 15) is 0 Å². The molecule has 0 N–H and O–H groups in total. The number of rotatable bonds is 26. The van der Waals surface area contributed by atoms with Crippen molar-refractivity contribution >= 4 is 29.2 Å². The molecule has 0 amide bonds. The Morgan fingerprint density at radius 3 is 1.34 bits per heavy atom. The summed E-state index contributed by atoms with van der Waals surface area (Å²) < 4.78 is 0. The number of hydrogen-bond donors (Lipinski definition) is 0. The van der Waals surface area contributed by atoms with E-state index in [4.69, 9.17) is 0 Å². The lowest BCUT2D eigenvalue weighted by Crippen LogP contribution is -2.31. The van der Waals surface area contributed by atoms with Gasteiger partial charge in [-0.2, -0.15) is 0 Å². The van der Waals surface area contributed by atoms with Crippen LogP contribution in [-0.4, -0.2) is 0 Å². The highest BCUT2D eigenvalue weighted by Crippen LogP contribution is 2.57. The molecule has 12 rings (SSSR count). The number of hydrogen-bond acceptors (Lipinski definition) is 1. The van der Waals surface area contributed by atoms with E-state index in [-0.39, 0.29) is 10.8 Å². The van der Waals surface area contributed by atoms with Crippen molar-refractivity contribution in [1.29, 1.82) is 0 Å². The van der Waals surface area contributed by atoms with Gasteiger partial charge in [-0.3, -0.25) is 0 Å². The minimum absolute atomic E-state index is 0.0431. The maximum absolute atomic E-state index is 4.08. The first-order valence-corrected chi connectivity index (χ1v) is 33.3. The second-order valence-electron chi connectivity index (χ2n) is 25.9. The van der Waals surface area contributed by atoms with E-state index >= 15 is 0 Å². The molecule has 1 heteroatoms. The highest BCUT2D eigenvalue weighted by atomic mass is 15.1. The van der Waals surface area contributed by atoms with Gasteiger partial charge in [-0.25, -0.2) is 0 Å². The van der Waals surface area contributed by atoms with E-state index in [1.807, 2.05) is 12.2 Å². The van der Waals surface area contributed by atoms with E-state index in [1.165, 1.54) is 209 Å². The molecule has 436 valence electrons. The van der Waals surface area contributed by atoms with Crippen molar-refractivity contribution in [3.8, 4) is 44.5 Å². The average molecular weight is 1130 g/mol. The Morgan fingerprint density at radius 2 is 0.814 bits per heavy atom. The molecule has 1 aliphatic heterocycles. The van der Waals surface area contributed by atoms with Crippen LogP contribution in [0.4, 0.5) is 17.1 Å². The molecule has 1 nitrogen and oxygen atoms in total. The van der Waals surface area contributed by atoms with Gasteiger partial charge in [-0.15, -0.1) is 0 Å². The molecule has 0 radical (unpaired) electrons. The van der Waals surface area contributed by atoms with Crippen LogP contribution in [0.2, 0.25) is 0 Å². The van der Waals surface area contributed by atoms with Crippen molar-refractivity contribution < 1.29 is 0 Å². The minimum Gasteiger partial charge on any atom is -0.310 e. The molecule has 0 saturated carbocycles. The summed E-state index contributed by atoms with van der Waals surface area (Å²) in [6, 6.07) is 74.2. The molecular weight excluding hydrogens is 1030 g/mol. The van der Waals surface area contributed by atoms with E-state index in [0.29, 0.717) is 0 Å². The molecule has 0 saturated heterocycles. The molecule has 0 aromatic heterocycles. The number of nitrogens with zero attached hydrogens (tertiary/aromatic N) is 1. The predicted octanol–water partition coefficient (Wildman–Crippen LogP) is 24.0. The molecule has 0 atom stereocenters. The molecule has 9 aromatic rings. The summed E-state index contributed by atoms with van der Waals surface area (Å²) in [5.74, 6) is 0. The third kappa shape index (κ3) is 11.8. The summed E-state index contributed by atoms with van der Waals surface area (Å²) >= 11 is 0. The summed E-state index contributed by atoms with van der Waals surface area (Å²) in [7, 11) is 0. The molecule has 0 bridgehead atoms. The van der Waals surface area contributed by atoms with Gasteiger partial charge in [-0.05, 0) is 213 Å². The van der Waals surface area contributed by atoms with Gasteiger partial charge in [0.2, 0.25) is 0 Å². The maximum atomic E-state index is 4.08. The van der Waals surface area contributed by atoms with Crippen LogP contribution >= 0.6 is 0 Å². The van der Waals surface area contributed by atoms with Crippen LogP contribution in [0.25, 0.3) is 56.7 Å². The molecule has 0 fully saturated rings. The monoisotopic (exact) mass is 1130 g/mol. The number of anilines is 3. The highest BCUT2D eigenvalue weighted by molar-refractivity contribution is 5.89. The van der Waals surface area contributed by atoms with Gasteiger partial charge in [0, 0.05) is 27.9 Å². The number of benzene rings is 9. The van der Waals surface area contributed by atoms with Gasteiger partial charge in [0.05, 0.1) is 0 Å². The fourth-order valence-corrected chi connectivity index (χ4v) is 15.4. The lowest BCUT2D eigenvalue weighted by Gasteiger charge is -2.33. The Labute approximate surface area is 517 Å². The van der Waals surface area contributed by atoms with Gasteiger partial charge in [-0.1, -0.05) is 275 Å². The SMILES string of the molecule is C=Cc1ccc(CC2(Cc3ccc(C=C)cc3)c3cc(C)ccc3-c3ccc(-c4ccc5c(c4)CCc4cc(-c6ccc7c(c6)C(CCCCCCCC)(CCCCCCCC)c6ccccc6-7)ccc4N5c4ccc(CCCC)cc4)cc32)cc1. The van der Waals surface area contributed by atoms with Gasteiger partial charge in [0.1, 0.15) is 0 Å². The van der Waals surface area contributed by atoms with Gasteiger partial charge in [0.15, 0.2) is 0 Å². The van der Waals surface area contributed by atoms with Crippen LogP contribution in [0.15, 0.2) is 201 Å². The summed E-state index contributed by atoms with van der Waals surface area (Å²) in [4.78, 5) is 2.59. The van der Waals surface area contributed by atoms with Crippen LogP contribution in [-0.2, 0) is 42.9 Å². The van der Waals surface area contributed by atoms with Crippen molar-refractivity contribution in [2.24, 2.45) is 0 Å². The maximum Gasteiger partial charge on any atom is 0.0494 e. The molecule has 1 heterocycles. The summed E-state index contributed by atoms with van der Waals surface area (Å²) in [5, 5.41) is 0. The standard InChI is InChI=1S/C85H91N/c1-7-12-15-17-19-23-52-84(53-24-20-18-16-13-8-2)78-27-22-21-26-74(78)76-48-41-69(57-80(76)84)67-43-50-82-71(55-67)39-40-72-56-68(44-51-83(72)86(82)73-45-37-64(38-46-73)25-14-9-3)70-42-49-77-75-47-28-61(6)54-79(75)85(81(77)58-70,59-65-33-29-62(10-4)30-34-65)60-66-35-31-63(11-5)32-36-66/h10-11,21-22,26-38,41-51,54-58H,4-5,7-9,12-20,23-25,39-40,52-53,59-60H2,1-3,6H3. The Bertz CT molecular complexity index is 3760. The van der Waals surface area contributed by atoms with E-state index in [0.717, 1.165) is 43.2 Å². The molecule has 0 spiro atoms. The van der Waals surface area contributed by atoms with Crippen LogP contribution in [0.1, 0.15) is 190 Å². The van der Waals surface area contributed by atoms with Crippen molar-refractivity contribution in [2.75, 3.05) is 4.90 Å². The predicted molar refractivity (Wildman–Crippen MR) is 372 cm³/mol. The fraction of sp³-hybridized carbons (Fsp3) is 0.318. The Kier molecular flexibility index (Phi) is 18.1. The average Bonchev–Trinajstić information content (AvgIpc) is 2.42. The molecule has 3 aliphatic rings. The van der Waals surface area contributed by atoms with E-state index in [2.05, 4.69) is 234 Å². The fourth-order valence-electron chi connectivity index (χ4n) is 15.4. The molecule has 86 heavy (non-hydrogen) atoms. The normalized spacial score (nSPS) is 13.9. The lowest BCUT2D eigenvalue weighted by atomic mass is 9.69. The quantitative estimate of drug-likeness (QED) is 0.0489. The van der Waals surface area contributed by atoms with E-state index in [1.54, 1.807) is 11.1 Å². The van der Waals surface area contributed by atoms with Crippen LogP contribution in [0, 0.1) is 6.92 Å². The van der Waals surface area contributed by atoms with Crippen molar-refractivity contribution in [3.63, 3.8) is 0 Å². The van der Waals surface area contributed by atoms with Crippen LogP contribution in [0.3, 0.4) is 0 Å². The third-order valence-electron chi connectivity index (χ3n) is 20.1. The zero-order chi connectivity index (χ0) is 59.0. The van der Waals surface area contributed by atoms with Gasteiger partial charge >= 0.3 is 0 Å². The van der Waals surface area contributed by atoms with Crippen molar-refractivity contribution in [2.45, 2.75) is 173 Å². The topological polar surface area (TPSA) is 3.24 Å². The molecule has 9 aromatic carbocycles. The first kappa shape index (κ1) is 58.6. The Balaban J connectivity index is 0.926. The molecule has 2 aliphatic carbocycles. The van der Waals surface area contributed by atoms with E-state index < -0.39 is 0 Å². The number of fused-ring (bicyclic) bond motifs is 8. The minimum atomic E-state index is -0.296. The zero-order valence-corrected chi connectivity index (χ0v) is 52.3. The largest absolute Gasteiger partial charge is 0.310 e. The summed E-state index contributed by atoms with van der Waals surface area (Å²) in [5.41, 5.74) is 30.8. The zero-order valence-electron chi connectivity index (χ0n) is 52.3. The summed E-state index contributed by atoms with van der Waals surface area (Å²) in [6.07, 6.45) is 29.4. The first-order chi connectivity index (χ1) is 42.3. The first-order valence-electron chi connectivity index (χ1n) is 33.3. The lowest BCUT2D eigenvalue weighted by molar-refractivity contribution is 0.398. The Morgan fingerprint density at radius 1 is 0.384 bits per heavy atom. The van der Waals surface area contributed by atoms with Gasteiger partial charge < -0.3 is 4.90 Å². The second-order valence-corrected chi connectivity index (χ2v) is 25.9. The van der Waals surface area contributed by atoms with Gasteiger partial charge in [0.25, 0.3) is 0 Å². The number of unbranched alkanes of at least 4 members (excludes halogenated alkanes) is 11. The van der Waals surface area contributed by atoms with Crippen LogP contribution < -0.4 is 4.90 Å². The smallest absolute Gasteiger partial charge is 0.0494 e. The summed E-state index contributed by atoms with van der Waals surface area (Å²) in [6.45, 7) is 17.4. The van der Waals surface area contributed by atoms with Crippen LogP contribution in [0.5, 0.6) is 0 Å². The van der Waals surface area contributed by atoms with Crippen molar-refractivity contribution in [1.82, 2.24) is 0 Å². The van der Waals surface area contributed by atoms with Crippen molar-refractivity contribution in [3.05, 3.63) is 268 Å². The number of aryl methyl sites for hydroxylation is 4. The Hall–Kier alpha value is -7.74. The third-order valence-corrected chi connectivity index (χ3v) is 20.1. The molecule has 0 unspecified atom stereocenters. The second kappa shape index (κ2) is 26.5.